The Hall–Kier alpha value is 0.200. The van der Waals surface area contributed by atoms with Gasteiger partial charge in [0.2, 0.25) is 0 Å². The van der Waals surface area contributed by atoms with Gasteiger partial charge in [0, 0.05) is 18.5 Å². The monoisotopic (exact) mass is 267 g/mol. The molecule has 0 amide bonds. The molecule has 0 bridgehead atoms. The lowest BCUT2D eigenvalue weighted by Crippen LogP contribution is -2.38. The highest BCUT2D eigenvalue weighted by Gasteiger charge is 2.31. The van der Waals surface area contributed by atoms with Gasteiger partial charge in [0.25, 0.3) is 0 Å². The van der Waals surface area contributed by atoms with Crippen LogP contribution in [0.3, 0.4) is 0 Å². The fourth-order valence-corrected chi connectivity index (χ4v) is 3.55. The molecular formula is C11H22ClNO2S. The van der Waals surface area contributed by atoms with Gasteiger partial charge in [-0.05, 0) is 32.7 Å². The zero-order valence-electron chi connectivity index (χ0n) is 10.3. The first-order chi connectivity index (χ1) is 7.38. The summed E-state index contributed by atoms with van der Waals surface area (Å²) in [5.74, 6) is 1.44. The van der Waals surface area contributed by atoms with Crippen LogP contribution in [0.4, 0.5) is 0 Å². The van der Waals surface area contributed by atoms with Gasteiger partial charge < -0.3 is 0 Å². The van der Waals surface area contributed by atoms with Crippen molar-refractivity contribution >= 4 is 21.4 Å². The van der Waals surface area contributed by atoms with E-state index >= 15 is 0 Å². The summed E-state index contributed by atoms with van der Waals surface area (Å²) in [4.78, 5) is 2.22. The third-order valence-electron chi connectivity index (χ3n) is 3.54. The third-order valence-corrected chi connectivity index (χ3v) is 6.04. The molecule has 0 aliphatic carbocycles. The molecule has 16 heavy (non-hydrogen) atoms. The molecule has 1 heterocycles. The largest absolute Gasteiger partial charge is 0.298 e. The van der Waals surface area contributed by atoms with Crippen molar-refractivity contribution in [2.45, 2.75) is 38.5 Å². The van der Waals surface area contributed by atoms with Crippen molar-refractivity contribution in [3.63, 3.8) is 0 Å². The van der Waals surface area contributed by atoms with E-state index in [-0.39, 0.29) is 11.0 Å². The predicted molar refractivity (Wildman–Crippen MR) is 68.8 cm³/mol. The molecule has 0 aromatic heterocycles. The van der Waals surface area contributed by atoms with Gasteiger partial charge in [0.05, 0.1) is 11.0 Å². The van der Waals surface area contributed by atoms with Crippen LogP contribution in [0.1, 0.15) is 27.2 Å². The van der Waals surface area contributed by atoms with Crippen LogP contribution < -0.4 is 0 Å². The zero-order chi connectivity index (χ0) is 12.3. The van der Waals surface area contributed by atoms with Gasteiger partial charge in [-0.2, -0.15) is 0 Å². The highest BCUT2D eigenvalue weighted by Crippen LogP contribution is 2.24. The molecule has 2 atom stereocenters. The average molecular weight is 268 g/mol. The maximum Gasteiger partial charge on any atom is 0.153 e. The molecule has 1 fully saturated rings. The Morgan fingerprint density at radius 1 is 1.44 bits per heavy atom. The van der Waals surface area contributed by atoms with Gasteiger partial charge in [-0.25, -0.2) is 8.42 Å². The van der Waals surface area contributed by atoms with E-state index in [0.717, 1.165) is 13.0 Å². The quantitative estimate of drug-likeness (QED) is 0.713. The first-order valence-electron chi connectivity index (χ1n) is 5.90. The van der Waals surface area contributed by atoms with Gasteiger partial charge in [-0.1, -0.05) is 6.92 Å². The summed E-state index contributed by atoms with van der Waals surface area (Å²) in [7, 11) is -2.92. The van der Waals surface area contributed by atoms with E-state index in [0.29, 0.717) is 24.4 Å². The summed E-state index contributed by atoms with van der Waals surface area (Å²) in [5, 5.41) is -0.276. The van der Waals surface area contributed by atoms with Gasteiger partial charge in [0.15, 0.2) is 9.84 Å². The van der Waals surface area contributed by atoms with E-state index in [9.17, 15) is 8.42 Å². The Bertz CT molecular complexity index is 316. The lowest BCUT2D eigenvalue weighted by atomic mass is 10.1. The molecule has 0 aromatic carbocycles. The standard InChI is InChI=1S/C11H22ClNO2S/c1-9(2)16(14,15)7-6-13-5-4-10(3)11(13)8-12/h9-11H,4-8H2,1-3H3. The van der Waals surface area contributed by atoms with Crippen LogP contribution in [0.15, 0.2) is 0 Å². The van der Waals surface area contributed by atoms with E-state index in [1.54, 1.807) is 13.8 Å². The molecule has 0 N–H and O–H groups in total. The summed E-state index contributed by atoms with van der Waals surface area (Å²) in [6.07, 6.45) is 1.12. The van der Waals surface area contributed by atoms with Crippen LogP contribution in [-0.2, 0) is 9.84 Å². The number of nitrogens with zero attached hydrogens (tertiary/aromatic N) is 1. The fraction of sp³-hybridized carbons (Fsp3) is 1.00. The predicted octanol–water partition coefficient (Wildman–Crippen LogP) is 1.76. The van der Waals surface area contributed by atoms with Crippen LogP contribution in [0.25, 0.3) is 0 Å². The molecule has 5 heteroatoms. The molecule has 96 valence electrons. The molecule has 0 radical (unpaired) electrons. The Labute approximate surface area is 104 Å². The highest BCUT2D eigenvalue weighted by molar-refractivity contribution is 7.92. The number of halogens is 1. The number of hydrogen-bond acceptors (Lipinski definition) is 3. The SMILES string of the molecule is CC1CCN(CCS(=O)(=O)C(C)C)C1CCl. The molecule has 0 saturated carbocycles. The minimum absolute atomic E-state index is 0.255. The van der Waals surface area contributed by atoms with Crippen molar-refractivity contribution in [1.82, 2.24) is 4.90 Å². The van der Waals surface area contributed by atoms with Crippen molar-refractivity contribution in [2.75, 3.05) is 24.7 Å². The summed E-state index contributed by atoms with van der Waals surface area (Å²) in [5.41, 5.74) is 0. The number of alkyl halides is 1. The highest BCUT2D eigenvalue weighted by atomic mass is 35.5. The van der Waals surface area contributed by atoms with Crippen LogP contribution >= 0.6 is 11.6 Å². The van der Waals surface area contributed by atoms with Gasteiger partial charge in [0.1, 0.15) is 0 Å². The lowest BCUT2D eigenvalue weighted by Gasteiger charge is -2.25. The summed E-state index contributed by atoms with van der Waals surface area (Å²) < 4.78 is 23.4. The van der Waals surface area contributed by atoms with Crippen LogP contribution in [0.5, 0.6) is 0 Å². The Kier molecular flexibility index (Phi) is 5.08. The van der Waals surface area contributed by atoms with E-state index in [2.05, 4.69) is 11.8 Å². The summed E-state index contributed by atoms with van der Waals surface area (Å²) >= 11 is 5.92. The number of sulfone groups is 1. The fourth-order valence-electron chi connectivity index (χ4n) is 2.10. The molecule has 0 spiro atoms. The van der Waals surface area contributed by atoms with Gasteiger partial charge >= 0.3 is 0 Å². The van der Waals surface area contributed by atoms with Crippen molar-refractivity contribution < 1.29 is 8.42 Å². The van der Waals surface area contributed by atoms with Crippen LogP contribution in [0.2, 0.25) is 0 Å². The van der Waals surface area contributed by atoms with Crippen molar-refractivity contribution in [1.29, 1.82) is 0 Å². The molecule has 1 saturated heterocycles. The van der Waals surface area contributed by atoms with Crippen LogP contribution in [0, 0.1) is 5.92 Å². The van der Waals surface area contributed by atoms with Crippen molar-refractivity contribution in [2.24, 2.45) is 5.92 Å². The van der Waals surface area contributed by atoms with Crippen molar-refractivity contribution in [3.8, 4) is 0 Å². The summed E-state index contributed by atoms with van der Waals surface area (Å²) in [6.45, 7) is 7.26. The molecule has 0 aromatic rings. The summed E-state index contributed by atoms with van der Waals surface area (Å²) in [6, 6.07) is 0.351. The molecule has 3 nitrogen and oxygen atoms in total. The number of hydrogen-bond donors (Lipinski definition) is 0. The topological polar surface area (TPSA) is 37.4 Å². The van der Waals surface area contributed by atoms with Crippen LogP contribution in [-0.4, -0.2) is 49.3 Å². The third kappa shape index (κ3) is 3.34. The Balaban J connectivity index is 2.50. The Morgan fingerprint density at radius 2 is 2.06 bits per heavy atom. The van der Waals surface area contributed by atoms with Gasteiger partial charge in [-0.3, -0.25) is 4.90 Å². The van der Waals surface area contributed by atoms with Crippen molar-refractivity contribution in [3.05, 3.63) is 0 Å². The van der Waals surface area contributed by atoms with E-state index in [4.69, 9.17) is 11.6 Å². The minimum Gasteiger partial charge on any atom is -0.298 e. The van der Waals surface area contributed by atoms with Gasteiger partial charge in [-0.15, -0.1) is 11.6 Å². The van der Waals surface area contributed by atoms with E-state index in [1.165, 1.54) is 0 Å². The second kappa shape index (κ2) is 5.69. The lowest BCUT2D eigenvalue weighted by molar-refractivity contribution is 0.264. The maximum atomic E-state index is 11.7. The second-order valence-electron chi connectivity index (χ2n) is 4.94. The molecule has 1 aliphatic heterocycles. The zero-order valence-corrected chi connectivity index (χ0v) is 11.9. The first kappa shape index (κ1) is 14.3. The normalized spacial score (nSPS) is 27.8. The number of likely N-dealkylation sites (tertiary alicyclic amines) is 1. The average Bonchev–Trinajstić information content (AvgIpc) is 2.56. The van der Waals surface area contributed by atoms with E-state index < -0.39 is 9.84 Å². The first-order valence-corrected chi connectivity index (χ1v) is 8.15. The van der Waals surface area contributed by atoms with E-state index in [1.807, 2.05) is 0 Å². The smallest absolute Gasteiger partial charge is 0.153 e. The molecule has 2 unspecified atom stereocenters. The maximum absolute atomic E-state index is 11.7. The minimum atomic E-state index is -2.92. The molecular weight excluding hydrogens is 246 g/mol. The Morgan fingerprint density at radius 3 is 2.56 bits per heavy atom. The number of rotatable bonds is 5. The second-order valence-corrected chi connectivity index (χ2v) is 7.92. The molecule has 1 aliphatic rings. The molecule has 1 rings (SSSR count).